The van der Waals surface area contributed by atoms with Crippen LogP contribution in [0.4, 0.5) is 0 Å². The molecule has 1 saturated heterocycles. The van der Waals surface area contributed by atoms with Crippen LogP contribution >= 0.6 is 22.7 Å². The van der Waals surface area contributed by atoms with E-state index in [1.54, 1.807) is 27.6 Å². The molecule has 3 unspecified atom stereocenters. The number of β-amino-alcohol motifs (C(OH)–C–C–N with tert-alkyl or cyclic N) is 1. The lowest BCUT2D eigenvalue weighted by molar-refractivity contribution is -0.130. The number of hydrogen-bond acceptors (Lipinski definition) is 6. The molecular weight excluding hydrogens is 402 g/mol. The molecule has 156 valence electrons. The molecular formula is C22H29N3O2S2. The van der Waals surface area contributed by atoms with Crippen LogP contribution in [-0.2, 0) is 16.6 Å². The van der Waals surface area contributed by atoms with Gasteiger partial charge in [-0.05, 0) is 41.7 Å². The summed E-state index contributed by atoms with van der Waals surface area (Å²) in [7, 11) is 0. The molecule has 0 aliphatic carbocycles. The second-order valence-corrected chi connectivity index (χ2v) is 9.95. The lowest BCUT2D eigenvalue weighted by atomic mass is 9.73. The number of nitriles is 1. The monoisotopic (exact) mass is 431 g/mol. The fraction of sp³-hybridized carbons (Fsp3) is 0.545. The standard InChI is InChI=1S/C22H29N3O2S2/c1-16(2)22(15-23,20-6-4-12-29-20)9-7-21(27)25-13-18(19(26)14-25)24-10-8-17-5-3-11-28-17/h3-6,11-12,16,18-19,24,26H,7-10,13-14H2,1-2H3. The van der Waals surface area contributed by atoms with Crippen molar-refractivity contribution in [1.82, 2.24) is 10.2 Å². The first-order valence-corrected chi connectivity index (χ1v) is 11.9. The summed E-state index contributed by atoms with van der Waals surface area (Å²) in [5, 5.41) is 27.7. The minimum absolute atomic E-state index is 0.0171. The van der Waals surface area contributed by atoms with Gasteiger partial charge in [-0.3, -0.25) is 4.79 Å². The van der Waals surface area contributed by atoms with Crippen molar-refractivity contribution in [3.8, 4) is 6.07 Å². The van der Waals surface area contributed by atoms with Crippen LogP contribution in [0.1, 0.15) is 36.4 Å². The fourth-order valence-corrected chi connectivity index (χ4v) is 5.72. The van der Waals surface area contributed by atoms with E-state index >= 15 is 0 Å². The molecule has 2 N–H and O–H groups in total. The molecule has 3 atom stereocenters. The first-order valence-electron chi connectivity index (χ1n) is 10.1. The number of aliphatic hydroxyl groups is 1. The average molecular weight is 432 g/mol. The topological polar surface area (TPSA) is 76.4 Å². The van der Waals surface area contributed by atoms with Crippen molar-refractivity contribution in [2.45, 2.75) is 50.7 Å². The van der Waals surface area contributed by atoms with Crippen molar-refractivity contribution >= 4 is 28.6 Å². The molecule has 0 bridgehead atoms. The third-order valence-corrected chi connectivity index (χ3v) is 7.86. The van der Waals surface area contributed by atoms with Gasteiger partial charge in [-0.2, -0.15) is 5.26 Å². The highest BCUT2D eigenvalue weighted by Crippen LogP contribution is 2.39. The van der Waals surface area contributed by atoms with Crippen molar-refractivity contribution in [2.75, 3.05) is 19.6 Å². The van der Waals surface area contributed by atoms with Crippen LogP contribution in [0.25, 0.3) is 0 Å². The largest absolute Gasteiger partial charge is 0.390 e. The third-order valence-electron chi connectivity index (χ3n) is 5.88. The van der Waals surface area contributed by atoms with Gasteiger partial charge < -0.3 is 15.3 Å². The predicted molar refractivity (Wildman–Crippen MR) is 118 cm³/mol. The predicted octanol–water partition coefficient (Wildman–Crippen LogP) is 3.41. The van der Waals surface area contributed by atoms with Crippen LogP contribution in [-0.4, -0.2) is 47.7 Å². The number of nitrogens with zero attached hydrogens (tertiary/aromatic N) is 2. The molecule has 3 heterocycles. The van der Waals surface area contributed by atoms with Gasteiger partial charge in [0.15, 0.2) is 0 Å². The highest BCUT2D eigenvalue weighted by molar-refractivity contribution is 7.10. The fourth-order valence-electron chi connectivity index (χ4n) is 3.96. The second kappa shape index (κ2) is 9.86. The zero-order valence-electron chi connectivity index (χ0n) is 17.0. The van der Waals surface area contributed by atoms with Gasteiger partial charge in [0.05, 0.1) is 23.6 Å². The highest BCUT2D eigenvalue weighted by atomic mass is 32.1. The number of carbonyl (C=O) groups excluding carboxylic acids is 1. The molecule has 2 aromatic heterocycles. The van der Waals surface area contributed by atoms with Gasteiger partial charge in [-0.25, -0.2) is 0 Å². The Morgan fingerprint density at radius 3 is 2.72 bits per heavy atom. The summed E-state index contributed by atoms with van der Waals surface area (Å²) in [6, 6.07) is 10.5. The van der Waals surface area contributed by atoms with E-state index in [9.17, 15) is 15.2 Å². The van der Waals surface area contributed by atoms with E-state index in [4.69, 9.17) is 0 Å². The normalized spacial score (nSPS) is 21.3. The molecule has 1 aliphatic rings. The number of carbonyl (C=O) groups is 1. The Morgan fingerprint density at radius 1 is 1.34 bits per heavy atom. The maximum atomic E-state index is 12.8. The Hall–Kier alpha value is -1.72. The zero-order valence-corrected chi connectivity index (χ0v) is 18.6. The van der Waals surface area contributed by atoms with Gasteiger partial charge in [0.25, 0.3) is 0 Å². The number of thiophene rings is 2. The summed E-state index contributed by atoms with van der Waals surface area (Å²) in [4.78, 5) is 16.9. The summed E-state index contributed by atoms with van der Waals surface area (Å²) in [6.45, 7) is 5.75. The molecule has 2 aromatic rings. The molecule has 29 heavy (non-hydrogen) atoms. The van der Waals surface area contributed by atoms with E-state index in [-0.39, 0.29) is 17.9 Å². The van der Waals surface area contributed by atoms with Gasteiger partial charge in [0, 0.05) is 35.8 Å². The van der Waals surface area contributed by atoms with Gasteiger partial charge >= 0.3 is 0 Å². The molecule has 0 spiro atoms. The van der Waals surface area contributed by atoms with Gasteiger partial charge in [-0.15, -0.1) is 22.7 Å². The molecule has 0 radical (unpaired) electrons. The Morgan fingerprint density at radius 2 is 2.10 bits per heavy atom. The minimum Gasteiger partial charge on any atom is -0.390 e. The number of hydrogen-bond donors (Lipinski definition) is 2. The summed E-state index contributed by atoms with van der Waals surface area (Å²) in [6.07, 6.45) is 1.20. The van der Waals surface area contributed by atoms with E-state index in [2.05, 4.69) is 22.8 Å². The van der Waals surface area contributed by atoms with Crippen molar-refractivity contribution in [2.24, 2.45) is 5.92 Å². The lowest BCUT2D eigenvalue weighted by Gasteiger charge is -2.30. The number of amides is 1. The smallest absolute Gasteiger partial charge is 0.222 e. The van der Waals surface area contributed by atoms with E-state index in [0.717, 1.165) is 17.8 Å². The van der Waals surface area contributed by atoms with E-state index in [0.29, 0.717) is 25.9 Å². The molecule has 1 amide bonds. The Kier molecular flexibility index (Phi) is 7.47. The van der Waals surface area contributed by atoms with Crippen LogP contribution in [0, 0.1) is 17.2 Å². The summed E-state index contributed by atoms with van der Waals surface area (Å²) < 4.78 is 0. The molecule has 0 saturated carbocycles. The van der Waals surface area contributed by atoms with E-state index in [1.165, 1.54) is 4.88 Å². The van der Waals surface area contributed by atoms with Crippen LogP contribution in [0.2, 0.25) is 0 Å². The van der Waals surface area contributed by atoms with Crippen LogP contribution in [0.5, 0.6) is 0 Å². The average Bonchev–Trinajstić information content (AvgIpc) is 3.45. The minimum atomic E-state index is -0.638. The van der Waals surface area contributed by atoms with Gasteiger partial charge in [0.1, 0.15) is 0 Å². The van der Waals surface area contributed by atoms with Crippen molar-refractivity contribution in [1.29, 1.82) is 5.26 Å². The Labute approximate surface area is 181 Å². The number of aliphatic hydroxyl groups excluding tert-OH is 1. The van der Waals surface area contributed by atoms with E-state index < -0.39 is 11.5 Å². The molecule has 3 rings (SSSR count). The second-order valence-electron chi connectivity index (χ2n) is 7.97. The lowest BCUT2D eigenvalue weighted by Crippen LogP contribution is -2.40. The van der Waals surface area contributed by atoms with Crippen LogP contribution in [0.3, 0.4) is 0 Å². The number of likely N-dealkylation sites (tertiary alicyclic amines) is 1. The Balaban J connectivity index is 1.53. The summed E-state index contributed by atoms with van der Waals surface area (Å²) in [5.41, 5.74) is -0.638. The molecule has 1 fully saturated rings. The number of rotatable bonds is 9. The van der Waals surface area contributed by atoms with Gasteiger partial charge in [0.2, 0.25) is 5.91 Å². The highest BCUT2D eigenvalue weighted by Gasteiger charge is 2.39. The molecule has 0 aromatic carbocycles. The molecule has 1 aliphatic heterocycles. The van der Waals surface area contributed by atoms with Crippen molar-refractivity contribution in [3.63, 3.8) is 0 Å². The maximum absolute atomic E-state index is 12.8. The third kappa shape index (κ3) is 5.07. The number of nitrogens with one attached hydrogen (secondary N) is 1. The molecule has 7 heteroatoms. The maximum Gasteiger partial charge on any atom is 0.222 e. The van der Waals surface area contributed by atoms with Crippen LogP contribution in [0.15, 0.2) is 35.0 Å². The first kappa shape index (κ1) is 22.0. The molecule has 5 nitrogen and oxygen atoms in total. The van der Waals surface area contributed by atoms with Crippen molar-refractivity contribution in [3.05, 3.63) is 44.8 Å². The summed E-state index contributed by atoms with van der Waals surface area (Å²) >= 11 is 3.31. The van der Waals surface area contributed by atoms with Crippen LogP contribution < -0.4 is 5.32 Å². The van der Waals surface area contributed by atoms with Gasteiger partial charge in [-0.1, -0.05) is 26.0 Å². The zero-order chi connectivity index (χ0) is 20.9. The first-order chi connectivity index (χ1) is 14.0. The summed E-state index contributed by atoms with van der Waals surface area (Å²) in [5.74, 6) is 0.137. The van der Waals surface area contributed by atoms with Crippen molar-refractivity contribution < 1.29 is 9.90 Å². The van der Waals surface area contributed by atoms with E-state index in [1.807, 2.05) is 37.4 Å². The SMILES string of the molecule is CC(C)C(C#N)(CCC(=O)N1CC(O)C(NCCc2cccs2)C1)c1cccs1. The quantitative estimate of drug-likeness (QED) is 0.638. The Bertz CT molecular complexity index is 814.